The first-order chi connectivity index (χ1) is 12.8. The number of para-hydroxylation sites is 1. The predicted octanol–water partition coefficient (Wildman–Crippen LogP) is 4.55. The van der Waals surface area contributed by atoms with Crippen LogP contribution in [0.2, 0.25) is 0 Å². The van der Waals surface area contributed by atoms with Crippen LogP contribution in [0.1, 0.15) is 40.6 Å². The number of methoxy groups -OCH3 is 1. The van der Waals surface area contributed by atoms with E-state index in [-0.39, 0.29) is 11.9 Å². The highest BCUT2D eigenvalue weighted by atomic mass is 16.5. The molecular weight excluding hydrogens is 326 g/mol. The van der Waals surface area contributed by atoms with Gasteiger partial charge in [0.1, 0.15) is 11.4 Å². The molecule has 0 radical (unpaired) electrons. The first-order valence-corrected chi connectivity index (χ1v) is 8.93. The number of fused-ring (bicyclic) bond motifs is 3. The predicted molar refractivity (Wildman–Crippen MR) is 99.1 cm³/mol. The summed E-state index contributed by atoms with van der Waals surface area (Å²) in [6.45, 7) is 0.776. The molecule has 0 saturated carbocycles. The number of hydrogen-bond acceptors (Lipinski definition) is 3. The highest BCUT2D eigenvalue weighted by molar-refractivity contribution is 6.17. The quantitative estimate of drug-likeness (QED) is 0.547. The van der Waals surface area contributed by atoms with Crippen molar-refractivity contribution in [1.82, 2.24) is 4.57 Å². The summed E-state index contributed by atoms with van der Waals surface area (Å²) in [5, 5.41) is 0. The van der Waals surface area contributed by atoms with Gasteiger partial charge < -0.3 is 14.0 Å². The summed E-state index contributed by atoms with van der Waals surface area (Å²) >= 11 is 0. The van der Waals surface area contributed by atoms with Gasteiger partial charge in [-0.15, -0.1) is 0 Å². The Bertz CT molecular complexity index is 995. The van der Waals surface area contributed by atoms with Crippen molar-refractivity contribution < 1.29 is 14.3 Å². The van der Waals surface area contributed by atoms with E-state index in [1.807, 2.05) is 53.1 Å². The Balaban J connectivity index is 1.74. The minimum atomic E-state index is 0.0464. The number of carbonyl (C=O) groups excluding carboxylic acids is 1. The number of nitrogens with zero attached hydrogens (tertiary/aromatic N) is 1. The van der Waals surface area contributed by atoms with Crippen molar-refractivity contribution in [3.05, 3.63) is 71.5 Å². The maximum atomic E-state index is 13.1. The second kappa shape index (κ2) is 5.85. The molecule has 1 atom stereocenters. The van der Waals surface area contributed by atoms with E-state index in [0.717, 1.165) is 58.8 Å². The van der Waals surface area contributed by atoms with Crippen LogP contribution in [0.3, 0.4) is 0 Å². The first kappa shape index (κ1) is 15.4. The smallest absolute Gasteiger partial charge is 0.212 e. The molecule has 0 amide bonds. The monoisotopic (exact) mass is 345 g/mol. The van der Waals surface area contributed by atoms with Crippen molar-refractivity contribution in [2.45, 2.75) is 18.9 Å². The molecule has 3 aromatic rings. The van der Waals surface area contributed by atoms with Crippen LogP contribution in [0.5, 0.6) is 5.75 Å². The van der Waals surface area contributed by atoms with Gasteiger partial charge in [0.05, 0.1) is 18.9 Å². The van der Waals surface area contributed by atoms with E-state index in [0.29, 0.717) is 0 Å². The largest absolute Gasteiger partial charge is 0.497 e. The lowest BCUT2D eigenvalue weighted by molar-refractivity contribution is 0.104. The Kier molecular flexibility index (Phi) is 3.47. The second-order valence-corrected chi connectivity index (χ2v) is 6.75. The standard InChI is InChI=1S/C22H19NO3/c1-25-15-10-8-14(9-11-15)20-17(19-7-4-12-26-19)13-23-18-6-3-2-5-16(18)22(24)21(20)23/h2-3,5-6,8-11,13,19H,4,7,12H2,1H3. The summed E-state index contributed by atoms with van der Waals surface area (Å²) in [6.07, 6.45) is 4.18. The maximum absolute atomic E-state index is 13.1. The molecule has 1 aromatic heterocycles. The van der Waals surface area contributed by atoms with Gasteiger partial charge in [0.2, 0.25) is 5.78 Å². The third kappa shape index (κ3) is 2.15. The summed E-state index contributed by atoms with van der Waals surface area (Å²) in [7, 11) is 1.66. The van der Waals surface area contributed by atoms with Crippen molar-refractivity contribution in [2.75, 3.05) is 13.7 Å². The molecule has 130 valence electrons. The molecule has 0 N–H and O–H groups in total. The van der Waals surface area contributed by atoms with Crippen molar-refractivity contribution in [1.29, 1.82) is 0 Å². The van der Waals surface area contributed by atoms with E-state index in [1.54, 1.807) is 7.11 Å². The molecule has 0 spiro atoms. The van der Waals surface area contributed by atoms with E-state index in [2.05, 4.69) is 6.20 Å². The third-order valence-corrected chi connectivity index (χ3v) is 5.31. The summed E-state index contributed by atoms with van der Waals surface area (Å²) in [4.78, 5) is 13.1. The van der Waals surface area contributed by atoms with Crippen molar-refractivity contribution in [3.8, 4) is 22.6 Å². The summed E-state index contributed by atoms with van der Waals surface area (Å²) in [5.74, 6) is 0.883. The van der Waals surface area contributed by atoms with Gasteiger partial charge in [-0.2, -0.15) is 0 Å². The molecule has 1 saturated heterocycles. The molecule has 1 fully saturated rings. The van der Waals surface area contributed by atoms with Crippen LogP contribution in [0, 0.1) is 0 Å². The minimum absolute atomic E-state index is 0.0464. The first-order valence-electron chi connectivity index (χ1n) is 8.93. The lowest BCUT2D eigenvalue weighted by Crippen LogP contribution is -2.01. The Hall–Kier alpha value is -2.85. The zero-order valence-corrected chi connectivity index (χ0v) is 14.6. The lowest BCUT2D eigenvalue weighted by Gasteiger charge is -2.12. The number of aromatic nitrogens is 1. The van der Waals surface area contributed by atoms with Crippen molar-refractivity contribution in [3.63, 3.8) is 0 Å². The normalized spacial score (nSPS) is 18.0. The van der Waals surface area contributed by atoms with E-state index in [9.17, 15) is 4.79 Å². The summed E-state index contributed by atoms with van der Waals surface area (Å²) in [5.41, 5.74) is 5.56. The molecule has 2 aliphatic rings. The molecule has 0 aliphatic carbocycles. The fourth-order valence-electron chi connectivity index (χ4n) is 4.07. The molecule has 4 nitrogen and oxygen atoms in total. The summed E-state index contributed by atoms with van der Waals surface area (Å²) < 4.78 is 13.3. The average Bonchev–Trinajstić information content (AvgIpc) is 3.39. The highest BCUT2D eigenvalue weighted by Gasteiger charge is 2.35. The fraction of sp³-hybridized carbons (Fsp3) is 0.227. The van der Waals surface area contributed by atoms with Crippen molar-refractivity contribution in [2.24, 2.45) is 0 Å². The zero-order valence-electron chi connectivity index (χ0n) is 14.6. The van der Waals surface area contributed by atoms with Gasteiger partial charge in [-0.3, -0.25) is 4.79 Å². The molecule has 5 rings (SSSR count). The van der Waals surface area contributed by atoms with Gasteiger partial charge >= 0.3 is 0 Å². The topological polar surface area (TPSA) is 40.5 Å². The number of ether oxygens (including phenoxy) is 2. The minimum Gasteiger partial charge on any atom is -0.497 e. The molecule has 2 aliphatic heterocycles. The Morgan fingerprint density at radius 1 is 1.12 bits per heavy atom. The highest BCUT2D eigenvalue weighted by Crippen LogP contribution is 2.44. The molecule has 4 heteroatoms. The lowest BCUT2D eigenvalue weighted by atomic mass is 9.94. The number of carbonyl (C=O) groups is 1. The second-order valence-electron chi connectivity index (χ2n) is 6.75. The fourth-order valence-corrected chi connectivity index (χ4v) is 4.07. The van der Waals surface area contributed by atoms with Gasteiger partial charge in [0.15, 0.2) is 0 Å². The summed E-state index contributed by atoms with van der Waals surface area (Å²) in [6, 6.07) is 15.7. The van der Waals surface area contributed by atoms with E-state index >= 15 is 0 Å². The van der Waals surface area contributed by atoms with Crippen LogP contribution in [0.15, 0.2) is 54.7 Å². The van der Waals surface area contributed by atoms with Gasteiger partial charge in [-0.05, 0) is 42.7 Å². The van der Waals surface area contributed by atoms with Crippen LogP contribution in [-0.4, -0.2) is 24.1 Å². The number of rotatable bonds is 3. The van der Waals surface area contributed by atoms with Crippen molar-refractivity contribution >= 4 is 5.78 Å². The number of benzene rings is 2. The van der Waals surface area contributed by atoms with Crippen LogP contribution in [-0.2, 0) is 4.74 Å². The average molecular weight is 345 g/mol. The SMILES string of the molecule is COc1ccc(-c2c(C3CCCO3)cn3c2C(=O)c2ccccc2-3)cc1. The molecule has 3 heterocycles. The number of ketones is 1. The zero-order chi connectivity index (χ0) is 17.7. The molecule has 2 aromatic carbocycles. The van der Waals surface area contributed by atoms with Gasteiger partial charge in [0, 0.05) is 29.5 Å². The third-order valence-electron chi connectivity index (χ3n) is 5.31. The van der Waals surface area contributed by atoms with Gasteiger partial charge in [-0.25, -0.2) is 0 Å². The van der Waals surface area contributed by atoms with Crippen LogP contribution >= 0.6 is 0 Å². The van der Waals surface area contributed by atoms with Gasteiger partial charge in [-0.1, -0.05) is 24.3 Å². The maximum Gasteiger partial charge on any atom is 0.212 e. The molecule has 0 bridgehead atoms. The van der Waals surface area contributed by atoms with Crippen LogP contribution in [0.25, 0.3) is 16.8 Å². The molecule has 26 heavy (non-hydrogen) atoms. The number of hydrogen-bond donors (Lipinski definition) is 0. The molecular formula is C22H19NO3. The van der Waals surface area contributed by atoms with Crippen LogP contribution < -0.4 is 4.74 Å². The van der Waals surface area contributed by atoms with E-state index < -0.39 is 0 Å². The molecule has 1 unspecified atom stereocenters. The Morgan fingerprint density at radius 2 is 1.92 bits per heavy atom. The Morgan fingerprint density at radius 3 is 2.65 bits per heavy atom. The van der Waals surface area contributed by atoms with E-state index in [1.165, 1.54) is 0 Å². The Labute approximate surface area is 152 Å². The van der Waals surface area contributed by atoms with Gasteiger partial charge in [0.25, 0.3) is 0 Å². The van der Waals surface area contributed by atoms with Crippen LogP contribution in [0.4, 0.5) is 0 Å². The van der Waals surface area contributed by atoms with E-state index in [4.69, 9.17) is 9.47 Å².